The molecule has 0 spiro atoms. The van der Waals surface area contributed by atoms with E-state index in [9.17, 15) is 13.7 Å². The molecule has 1 saturated carbocycles. The molecule has 0 aromatic heterocycles. The SMILES string of the molecule is CC1CCC(C#N)(NS(=O)(=O)c2cc(Cl)cc(Cl)c2)CC1. The Labute approximate surface area is 135 Å². The summed E-state index contributed by atoms with van der Waals surface area (Å²) >= 11 is 11.7. The van der Waals surface area contributed by atoms with Gasteiger partial charge in [0.15, 0.2) is 0 Å². The van der Waals surface area contributed by atoms with Crippen molar-refractivity contribution in [2.24, 2.45) is 5.92 Å². The molecule has 0 unspecified atom stereocenters. The second kappa shape index (κ2) is 6.13. The minimum absolute atomic E-state index is 0.0201. The van der Waals surface area contributed by atoms with Crippen LogP contribution in [0.5, 0.6) is 0 Å². The van der Waals surface area contributed by atoms with Crippen molar-refractivity contribution in [3.63, 3.8) is 0 Å². The molecule has 2 rings (SSSR count). The van der Waals surface area contributed by atoms with E-state index in [4.69, 9.17) is 23.2 Å². The quantitative estimate of drug-likeness (QED) is 0.905. The number of rotatable bonds is 3. The van der Waals surface area contributed by atoms with E-state index in [0.29, 0.717) is 18.8 Å². The van der Waals surface area contributed by atoms with Crippen molar-refractivity contribution in [3.8, 4) is 6.07 Å². The molecule has 1 aromatic rings. The molecule has 7 heteroatoms. The Balaban J connectivity index is 2.30. The number of halogens is 2. The third kappa shape index (κ3) is 3.89. The lowest BCUT2D eigenvalue weighted by Crippen LogP contribution is -2.49. The van der Waals surface area contributed by atoms with Crippen molar-refractivity contribution in [1.29, 1.82) is 5.26 Å². The van der Waals surface area contributed by atoms with Gasteiger partial charge in [0.05, 0.1) is 11.0 Å². The minimum atomic E-state index is -3.83. The van der Waals surface area contributed by atoms with E-state index in [-0.39, 0.29) is 14.9 Å². The van der Waals surface area contributed by atoms with Crippen molar-refractivity contribution in [2.75, 3.05) is 0 Å². The van der Waals surface area contributed by atoms with Crippen LogP contribution in [0.2, 0.25) is 10.0 Å². The van der Waals surface area contributed by atoms with E-state index in [1.807, 2.05) is 0 Å². The molecule has 0 radical (unpaired) electrons. The van der Waals surface area contributed by atoms with E-state index < -0.39 is 15.6 Å². The highest BCUT2D eigenvalue weighted by molar-refractivity contribution is 7.89. The third-order valence-corrected chi connectivity index (χ3v) is 5.77. The Morgan fingerprint density at radius 2 is 1.76 bits per heavy atom. The van der Waals surface area contributed by atoms with Crippen LogP contribution in [0, 0.1) is 17.2 Å². The fraction of sp³-hybridized carbons (Fsp3) is 0.500. The molecular weight excluding hydrogens is 331 g/mol. The first-order chi connectivity index (χ1) is 9.76. The van der Waals surface area contributed by atoms with Crippen LogP contribution in [-0.2, 0) is 10.0 Å². The number of hydrogen-bond acceptors (Lipinski definition) is 3. The van der Waals surface area contributed by atoms with Crippen molar-refractivity contribution in [2.45, 2.75) is 43.0 Å². The van der Waals surface area contributed by atoms with Crippen LogP contribution < -0.4 is 4.72 Å². The average Bonchev–Trinajstić information content (AvgIpc) is 2.40. The maximum atomic E-state index is 12.5. The van der Waals surface area contributed by atoms with Crippen molar-refractivity contribution in [3.05, 3.63) is 28.2 Å². The van der Waals surface area contributed by atoms with Gasteiger partial charge in [0.2, 0.25) is 10.0 Å². The molecule has 1 aliphatic carbocycles. The zero-order valence-corrected chi connectivity index (χ0v) is 13.9. The highest BCUT2D eigenvalue weighted by atomic mass is 35.5. The zero-order valence-electron chi connectivity index (χ0n) is 11.6. The van der Waals surface area contributed by atoms with Gasteiger partial charge >= 0.3 is 0 Å². The lowest BCUT2D eigenvalue weighted by molar-refractivity contribution is 0.278. The predicted molar refractivity (Wildman–Crippen MR) is 82.8 cm³/mol. The van der Waals surface area contributed by atoms with E-state index in [1.165, 1.54) is 18.2 Å². The van der Waals surface area contributed by atoms with Gasteiger partial charge in [0.1, 0.15) is 5.54 Å². The fourth-order valence-corrected chi connectivity index (χ4v) is 4.59. The summed E-state index contributed by atoms with van der Waals surface area (Å²) in [5, 5.41) is 9.90. The molecule has 0 heterocycles. The van der Waals surface area contributed by atoms with E-state index in [2.05, 4.69) is 17.7 Å². The Morgan fingerprint density at radius 1 is 1.24 bits per heavy atom. The molecule has 1 aliphatic rings. The summed E-state index contributed by atoms with van der Waals surface area (Å²) in [5.41, 5.74) is -1.04. The van der Waals surface area contributed by atoms with Gasteiger partial charge in [-0.05, 0) is 49.8 Å². The number of nitrogens with one attached hydrogen (secondary N) is 1. The summed E-state index contributed by atoms with van der Waals surface area (Å²) in [6.45, 7) is 2.10. The molecule has 1 N–H and O–H groups in total. The predicted octanol–water partition coefficient (Wildman–Crippen LogP) is 3.74. The van der Waals surface area contributed by atoms with Gasteiger partial charge in [-0.15, -0.1) is 0 Å². The number of benzene rings is 1. The van der Waals surface area contributed by atoms with Crippen molar-refractivity contribution < 1.29 is 8.42 Å². The number of nitriles is 1. The molecule has 0 amide bonds. The molecule has 1 fully saturated rings. The first-order valence-corrected chi connectivity index (χ1v) is 8.92. The summed E-state index contributed by atoms with van der Waals surface area (Å²) in [5.74, 6) is 0.511. The Morgan fingerprint density at radius 3 is 2.24 bits per heavy atom. The molecule has 0 atom stereocenters. The normalized spacial score (nSPS) is 26.3. The van der Waals surface area contributed by atoms with Crippen LogP contribution in [-0.4, -0.2) is 14.0 Å². The molecule has 0 aliphatic heterocycles. The van der Waals surface area contributed by atoms with E-state index >= 15 is 0 Å². The fourth-order valence-electron chi connectivity index (χ4n) is 2.49. The summed E-state index contributed by atoms with van der Waals surface area (Å²) in [6.07, 6.45) is 2.68. The molecule has 0 bridgehead atoms. The molecule has 21 heavy (non-hydrogen) atoms. The van der Waals surface area contributed by atoms with E-state index in [0.717, 1.165) is 12.8 Å². The molecule has 114 valence electrons. The molecule has 0 saturated heterocycles. The average molecular weight is 347 g/mol. The second-order valence-electron chi connectivity index (χ2n) is 5.59. The number of hydrogen-bond donors (Lipinski definition) is 1. The van der Waals surface area contributed by atoms with Gasteiger partial charge < -0.3 is 0 Å². The van der Waals surface area contributed by atoms with Crippen LogP contribution in [0.25, 0.3) is 0 Å². The third-order valence-electron chi connectivity index (χ3n) is 3.82. The maximum absolute atomic E-state index is 12.5. The Bertz CT molecular complexity index is 654. The van der Waals surface area contributed by atoms with Gasteiger partial charge in [0.25, 0.3) is 0 Å². The van der Waals surface area contributed by atoms with Crippen LogP contribution in [0.15, 0.2) is 23.1 Å². The van der Waals surface area contributed by atoms with Crippen LogP contribution in [0.1, 0.15) is 32.6 Å². The summed E-state index contributed by atoms with van der Waals surface area (Å²) in [4.78, 5) is -0.0201. The first-order valence-electron chi connectivity index (χ1n) is 6.68. The second-order valence-corrected chi connectivity index (χ2v) is 8.14. The lowest BCUT2D eigenvalue weighted by atomic mass is 9.79. The lowest BCUT2D eigenvalue weighted by Gasteiger charge is -2.34. The Kier molecular flexibility index (Phi) is 4.84. The van der Waals surface area contributed by atoms with Crippen molar-refractivity contribution in [1.82, 2.24) is 4.72 Å². The first kappa shape index (κ1) is 16.6. The van der Waals surface area contributed by atoms with Gasteiger partial charge in [-0.1, -0.05) is 30.1 Å². The van der Waals surface area contributed by atoms with Crippen LogP contribution in [0.3, 0.4) is 0 Å². The largest absolute Gasteiger partial charge is 0.242 e. The van der Waals surface area contributed by atoms with Gasteiger partial charge in [-0.25, -0.2) is 8.42 Å². The summed E-state index contributed by atoms with van der Waals surface area (Å²) in [7, 11) is -3.83. The van der Waals surface area contributed by atoms with E-state index in [1.54, 1.807) is 0 Å². The van der Waals surface area contributed by atoms with Crippen LogP contribution in [0.4, 0.5) is 0 Å². The molecular formula is C14H16Cl2N2O2S. The molecule has 1 aromatic carbocycles. The summed E-state index contributed by atoms with van der Waals surface area (Å²) < 4.78 is 27.5. The minimum Gasteiger partial charge on any atom is -0.207 e. The van der Waals surface area contributed by atoms with Crippen molar-refractivity contribution >= 4 is 33.2 Å². The monoisotopic (exact) mass is 346 g/mol. The van der Waals surface area contributed by atoms with Gasteiger partial charge in [-0.2, -0.15) is 9.98 Å². The number of nitrogens with zero attached hydrogens (tertiary/aromatic N) is 1. The highest BCUT2D eigenvalue weighted by Crippen LogP contribution is 2.33. The number of sulfonamides is 1. The maximum Gasteiger partial charge on any atom is 0.242 e. The van der Waals surface area contributed by atoms with Crippen LogP contribution >= 0.6 is 23.2 Å². The Hall–Kier alpha value is -0.800. The smallest absolute Gasteiger partial charge is 0.207 e. The topological polar surface area (TPSA) is 70.0 Å². The summed E-state index contributed by atoms with van der Waals surface area (Å²) in [6, 6.07) is 6.25. The highest BCUT2D eigenvalue weighted by Gasteiger charge is 2.38. The van der Waals surface area contributed by atoms with Gasteiger partial charge in [0, 0.05) is 10.0 Å². The zero-order chi connectivity index (χ0) is 15.7. The van der Waals surface area contributed by atoms with Gasteiger partial charge in [-0.3, -0.25) is 0 Å². The molecule has 4 nitrogen and oxygen atoms in total. The standard InChI is InChI=1S/C14H16Cl2N2O2S/c1-10-2-4-14(9-17,5-3-10)18-21(19,20)13-7-11(15)6-12(16)8-13/h6-8,10,18H,2-5H2,1H3.